The van der Waals surface area contributed by atoms with E-state index in [1.807, 2.05) is 0 Å². The SMILES string of the molecule is NC(=S)c1ccc(OCC(F)(F)c2ccccc2)c(F)c1. The highest BCUT2D eigenvalue weighted by Crippen LogP contribution is 2.29. The molecule has 0 fully saturated rings. The van der Waals surface area contributed by atoms with Crippen LogP contribution in [0.2, 0.25) is 0 Å². The van der Waals surface area contributed by atoms with Crippen LogP contribution in [0.15, 0.2) is 48.5 Å². The van der Waals surface area contributed by atoms with Gasteiger partial charge in [0.05, 0.1) is 0 Å². The van der Waals surface area contributed by atoms with Crippen molar-refractivity contribution in [1.29, 1.82) is 0 Å². The summed E-state index contributed by atoms with van der Waals surface area (Å²) in [6, 6.07) is 10.9. The molecule has 0 heterocycles. The van der Waals surface area contributed by atoms with E-state index < -0.39 is 18.3 Å². The van der Waals surface area contributed by atoms with E-state index in [1.54, 1.807) is 6.07 Å². The Morgan fingerprint density at radius 2 is 1.81 bits per heavy atom. The maximum absolute atomic E-state index is 13.9. The second kappa shape index (κ2) is 6.13. The summed E-state index contributed by atoms with van der Waals surface area (Å²) in [6.45, 7) is -0.958. The first-order valence-electron chi connectivity index (χ1n) is 6.05. The van der Waals surface area contributed by atoms with Gasteiger partial charge in [-0.2, -0.15) is 8.78 Å². The Labute approximate surface area is 125 Å². The van der Waals surface area contributed by atoms with Crippen LogP contribution in [0.3, 0.4) is 0 Å². The van der Waals surface area contributed by atoms with E-state index >= 15 is 0 Å². The highest BCUT2D eigenvalue weighted by Gasteiger charge is 2.32. The van der Waals surface area contributed by atoms with Crippen molar-refractivity contribution in [3.8, 4) is 5.75 Å². The second-order valence-corrected chi connectivity index (χ2v) is 4.81. The number of nitrogens with two attached hydrogens (primary N) is 1. The molecule has 0 unspecified atom stereocenters. The fraction of sp³-hybridized carbons (Fsp3) is 0.133. The van der Waals surface area contributed by atoms with E-state index in [1.165, 1.54) is 36.4 Å². The highest BCUT2D eigenvalue weighted by atomic mass is 32.1. The number of halogens is 3. The first-order valence-corrected chi connectivity index (χ1v) is 6.46. The Balaban J connectivity index is 2.11. The van der Waals surface area contributed by atoms with Crippen molar-refractivity contribution in [1.82, 2.24) is 0 Å². The van der Waals surface area contributed by atoms with Crippen LogP contribution in [0.25, 0.3) is 0 Å². The van der Waals surface area contributed by atoms with E-state index in [0.29, 0.717) is 5.56 Å². The van der Waals surface area contributed by atoms with Crippen LogP contribution in [0, 0.1) is 5.82 Å². The predicted molar refractivity (Wildman–Crippen MR) is 78.1 cm³/mol. The van der Waals surface area contributed by atoms with Gasteiger partial charge >= 0.3 is 5.92 Å². The van der Waals surface area contributed by atoms with Crippen molar-refractivity contribution in [2.45, 2.75) is 5.92 Å². The summed E-state index contributed by atoms with van der Waals surface area (Å²) in [5.41, 5.74) is 5.48. The lowest BCUT2D eigenvalue weighted by Gasteiger charge is -2.17. The highest BCUT2D eigenvalue weighted by molar-refractivity contribution is 7.80. The third-order valence-corrected chi connectivity index (χ3v) is 3.06. The number of alkyl halides is 2. The van der Waals surface area contributed by atoms with Gasteiger partial charge in [-0.3, -0.25) is 0 Å². The molecule has 0 radical (unpaired) electrons. The molecule has 21 heavy (non-hydrogen) atoms. The summed E-state index contributed by atoms with van der Waals surface area (Å²) >= 11 is 4.70. The Morgan fingerprint density at radius 1 is 1.14 bits per heavy atom. The topological polar surface area (TPSA) is 35.2 Å². The molecule has 0 saturated heterocycles. The van der Waals surface area contributed by atoms with Crippen LogP contribution in [0.5, 0.6) is 5.75 Å². The van der Waals surface area contributed by atoms with Crippen LogP contribution < -0.4 is 10.5 Å². The maximum Gasteiger partial charge on any atom is 0.306 e. The number of hydrogen-bond acceptors (Lipinski definition) is 2. The lowest BCUT2D eigenvalue weighted by atomic mass is 10.1. The first-order chi connectivity index (χ1) is 9.90. The molecule has 0 aliphatic rings. The zero-order valence-corrected chi connectivity index (χ0v) is 11.7. The number of rotatable bonds is 5. The maximum atomic E-state index is 13.9. The van der Waals surface area contributed by atoms with E-state index in [4.69, 9.17) is 22.7 Å². The van der Waals surface area contributed by atoms with Gasteiger partial charge in [0.2, 0.25) is 0 Å². The molecule has 0 atom stereocenters. The minimum Gasteiger partial charge on any atom is -0.484 e. The summed E-state index contributed by atoms with van der Waals surface area (Å²) in [6.07, 6.45) is 0. The molecule has 0 saturated carbocycles. The summed E-state index contributed by atoms with van der Waals surface area (Å²) < 4.78 is 46.4. The van der Waals surface area contributed by atoms with Crippen molar-refractivity contribution in [2.24, 2.45) is 5.73 Å². The average molecular weight is 311 g/mol. The van der Waals surface area contributed by atoms with Gasteiger partial charge in [-0.15, -0.1) is 0 Å². The normalized spacial score (nSPS) is 11.2. The molecule has 2 rings (SSSR count). The molecule has 2 N–H and O–H groups in total. The second-order valence-electron chi connectivity index (χ2n) is 4.37. The number of thiocarbonyl (C=S) groups is 1. The van der Waals surface area contributed by atoms with E-state index in [9.17, 15) is 13.2 Å². The van der Waals surface area contributed by atoms with Gasteiger partial charge in [0.25, 0.3) is 0 Å². The molecule has 6 heteroatoms. The van der Waals surface area contributed by atoms with Gasteiger partial charge in [-0.25, -0.2) is 4.39 Å². The molecular weight excluding hydrogens is 299 g/mol. The molecule has 0 amide bonds. The molecule has 0 aliphatic carbocycles. The molecule has 2 aromatic carbocycles. The minimum absolute atomic E-state index is 0.0232. The number of ether oxygens (including phenoxy) is 1. The van der Waals surface area contributed by atoms with Gasteiger partial charge in [0, 0.05) is 11.1 Å². The minimum atomic E-state index is -3.21. The molecule has 2 aromatic rings. The van der Waals surface area contributed by atoms with Crippen LogP contribution >= 0.6 is 12.2 Å². The third kappa shape index (κ3) is 3.72. The van der Waals surface area contributed by atoms with E-state index in [-0.39, 0.29) is 16.3 Å². The smallest absolute Gasteiger partial charge is 0.306 e. The summed E-state index contributed by atoms with van der Waals surface area (Å²) in [4.78, 5) is 0.0232. The zero-order valence-electron chi connectivity index (χ0n) is 10.9. The molecule has 0 bridgehead atoms. The summed E-state index contributed by atoms with van der Waals surface area (Å²) in [7, 11) is 0. The number of benzene rings is 2. The van der Waals surface area contributed by atoms with Gasteiger partial charge in [-0.05, 0) is 18.2 Å². The molecule has 2 nitrogen and oxygen atoms in total. The van der Waals surface area contributed by atoms with E-state index in [0.717, 1.165) is 6.07 Å². The first kappa shape index (κ1) is 15.3. The quantitative estimate of drug-likeness (QED) is 0.857. The third-order valence-electron chi connectivity index (χ3n) is 2.82. The van der Waals surface area contributed by atoms with Crippen LogP contribution in [0.1, 0.15) is 11.1 Å². The van der Waals surface area contributed by atoms with Gasteiger partial charge in [0.1, 0.15) is 4.99 Å². The number of hydrogen-bond donors (Lipinski definition) is 1. The fourth-order valence-electron chi connectivity index (χ4n) is 1.70. The largest absolute Gasteiger partial charge is 0.484 e. The molecular formula is C15H12F3NOS. The van der Waals surface area contributed by atoms with Gasteiger partial charge < -0.3 is 10.5 Å². The fourth-order valence-corrected chi connectivity index (χ4v) is 1.83. The lowest BCUT2D eigenvalue weighted by molar-refractivity contribution is -0.0475. The van der Waals surface area contributed by atoms with Gasteiger partial charge in [0.15, 0.2) is 18.2 Å². The average Bonchev–Trinajstić information content (AvgIpc) is 2.46. The summed E-state index contributed by atoms with van der Waals surface area (Å²) in [5, 5.41) is 0. The standard InChI is InChI=1S/C15H12F3NOS/c16-12-8-10(14(19)21)6-7-13(12)20-9-15(17,18)11-4-2-1-3-5-11/h1-8H,9H2,(H2,19,21). The van der Waals surface area contributed by atoms with E-state index in [2.05, 4.69) is 0 Å². The Morgan fingerprint density at radius 3 is 2.38 bits per heavy atom. The van der Waals surface area contributed by atoms with Crippen molar-refractivity contribution in [2.75, 3.05) is 6.61 Å². The van der Waals surface area contributed by atoms with Crippen molar-refractivity contribution >= 4 is 17.2 Å². The Hall–Kier alpha value is -2.08. The lowest BCUT2D eigenvalue weighted by Crippen LogP contribution is -2.23. The Kier molecular flexibility index (Phi) is 4.47. The van der Waals surface area contributed by atoms with Crippen molar-refractivity contribution in [3.05, 3.63) is 65.5 Å². The predicted octanol–water partition coefficient (Wildman–Crippen LogP) is 3.63. The van der Waals surface area contributed by atoms with Crippen LogP contribution in [-0.4, -0.2) is 11.6 Å². The van der Waals surface area contributed by atoms with Crippen LogP contribution in [-0.2, 0) is 5.92 Å². The van der Waals surface area contributed by atoms with Gasteiger partial charge in [-0.1, -0.05) is 42.5 Å². The summed E-state index contributed by atoms with van der Waals surface area (Å²) in [5.74, 6) is -4.27. The molecule has 0 aliphatic heterocycles. The molecule has 110 valence electrons. The molecule has 0 spiro atoms. The molecule has 0 aromatic heterocycles. The zero-order chi connectivity index (χ0) is 15.5. The van der Waals surface area contributed by atoms with Crippen LogP contribution in [0.4, 0.5) is 13.2 Å². The van der Waals surface area contributed by atoms with Crippen molar-refractivity contribution in [3.63, 3.8) is 0 Å². The monoisotopic (exact) mass is 311 g/mol. The van der Waals surface area contributed by atoms with Crippen molar-refractivity contribution < 1.29 is 17.9 Å². The Bertz CT molecular complexity index is 647.